The van der Waals surface area contributed by atoms with E-state index in [0.29, 0.717) is 10.8 Å². The van der Waals surface area contributed by atoms with Gasteiger partial charge in [-0.05, 0) is 69.2 Å². The van der Waals surface area contributed by atoms with Gasteiger partial charge in [-0.3, -0.25) is 4.79 Å². The van der Waals surface area contributed by atoms with Crippen LogP contribution < -0.4 is 5.32 Å². The number of hydrogen-bond donors (Lipinski definition) is 1. The summed E-state index contributed by atoms with van der Waals surface area (Å²) >= 11 is 5.92. The van der Waals surface area contributed by atoms with Crippen molar-refractivity contribution < 1.29 is 13.2 Å². The molecule has 188 valence electrons. The maximum Gasteiger partial charge on any atom is 0.243 e. The number of benzene rings is 2. The first-order chi connectivity index (χ1) is 16.2. The minimum atomic E-state index is -3.91. The molecule has 0 unspecified atom stereocenters. The zero-order valence-corrected chi connectivity index (χ0v) is 22.8. The number of sulfonamides is 1. The van der Waals surface area contributed by atoms with Crippen molar-refractivity contribution in [2.75, 3.05) is 11.9 Å². The van der Waals surface area contributed by atoms with Crippen LogP contribution in [0.5, 0.6) is 0 Å². The maximum atomic E-state index is 13.3. The highest BCUT2D eigenvalue weighted by atomic mass is 35.5. The Morgan fingerprint density at radius 2 is 1.74 bits per heavy atom. The van der Waals surface area contributed by atoms with Gasteiger partial charge in [0, 0.05) is 22.5 Å². The quantitative estimate of drug-likeness (QED) is 0.450. The fraction of sp³-hybridized carbons (Fsp3) is 0.385. The molecule has 1 N–H and O–H groups in total. The minimum Gasteiger partial charge on any atom is -0.309 e. The van der Waals surface area contributed by atoms with Crippen molar-refractivity contribution in [1.29, 1.82) is 0 Å². The van der Waals surface area contributed by atoms with Crippen LogP contribution in [-0.2, 0) is 20.2 Å². The summed E-state index contributed by atoms with van der Waals surface area (Å²) < 4.78 is 29.4. The summed E-state index contributed by atoms with van der Waals surface area (Å²) in [6.07, 6.45) is 0. The third-order valence-corrected chi connectivity index (χ3v) is 8.13. The Labute approximate surface area is 213 Å². The molecule has 3 rings (SSSR count). The average molecular weight is 517 g/mol. The van der Waals surface area contributed by atoms with Gasteiger partial charge in [-0.2, -0.15) is 9.40 Å². The molecule has 1 heterocycles. The van der Waals surface area contributed by atoms with Gasteiger partial charge < -0.3 is 5.32 Å². The number of amides is 1. The van der Waals surface area contributed by atoms with Gasteiger partial charge in [-0.25, -0.2) is 13.1 Å². The molecule has 0 bridgehead atoms. The molecule has 9 heteroatoms. The van der Waals surface area contributed by atoms with E-state index in [2.05, 4.69) is 5.32 Å². The smallest absolute Gasteiger partial charge is 0.243 e. The van der Waals surface area contributed by atoms with Crippen LogP contribution >= 0.6 is 11.6 Å². The molecule has 2 aromatic carbocycles. The second kappa shape index (κ2) is 10.1. The number of halogens is 1. The molecule has 0 saturated heterocycles. The van der Waals surface area contributed by atoms with Crippen molar-refractivity contribution in [3.63, 3.8) is 0 Å². The Bertz CT molecular complexity index is 1320. The van der Waals surface area contributed by atoms with Crippen LogP contribution in [0.25, 0.3) is 5.69 Å². The molecule has 0 aliphatic rings. The zero-order valence-electron chi connectivity index (χ0n) is 21.3. The Morgan fingerprint density at radius 3 is 2.31 bits per heavy atom. The van der Waals surface area contributed by atoms with Crippen LogP contribution in [0.4, 0.5) is 5.82 Å². The van der Waals surface area contributed by atoms with Crippen molar-refractivity contribution in [2.24, 2.45) is 0 Å². The van der Waals surface area contributed by atoms with E-state index in [1.807, 2.05) is 58.9 Å². The fourth-order valence-electron chi connectivity index (χ4n) is 3.60. The fourth-order valence-corrected chi connectivity index (χ4v) is 5.32. The maximum absolute atomic E-state index is 13.3. The molecule has 0 saturated carbocycles. The molecule has 0 radical (unpaired) electrons. The zero-order chi connectivity index (χ0) is 26.1. The van der Waals surface area contributed by atoms with Crippen LogP contribution in [0.3, 0.4) is 0 Å². The molecule has 1 amide bonds. The van der Waals surface area contributed by atoms with Crippen molar-refractivity contribution in [2.45, 2.75) is 64.8 Å². The second-order valence-corrected chi connectivity index (χ2v) is 12.3. The van der Waals surface area contributed by atoms with E-state index in [1.54, 1.807) is 18.5 Å². The first kappa shape index (κ1) is 26.9. The van der Waals surface area contributed by atoms with E-state index in [0.717, 1.165) is 22.5 Å². The molecule has 35 heavy (non-hydrogen) atoms. The van der Waals surface area contributed by atoms with Gasteiger partial charge in [0.05, 0.1) is 22.8 Å². The monoisotopic (exact) mass is 516 g/mol. The third kappa shape index (κ3) is 5.94. The summed E-state index contributed by atoms with van der Waals surface area (Å²) in [5.74, 6) is 0.0318. The molecular weight excluding hydrogens is 484 g/mol. The molecule has 0 aliphatic carbocycles. The average Bonchev–Trinajstić information content (AvgIpc) is 3.18. The van der Waals surface area contributed by atoms with Crippen molar-refractivity contribution in [3.8, 4) is 5.69 Å². The Balaban J connectivity index is 1.95. The van der Waals surface area contributed by atoms with Gasteiger partial charge in [-0.15, -0.1) is 0 Å². The summed E-state index contributed by atoms with van der Waals surface area (Å²) in [5, 5.41) is 8.12. The molecule has 3 aromatic rings. The highest BCUT2D eigenvalue weighted by Gasteiger charge is 2.30. The Kier molecular flexibility index (Phi) is 7.79. The predicted molar refractivity (Wildman–Crippen MR) is 141 cm³/mol. The highest BCUT2D eigenvalue weighted by Crippen LogP contribution is 2.28. The third-order valence-electron chi connectivity index (χ3n) is 5.85. The first-order valence-corrected chi connectivity index (χ1v) is 13.3. The lowest BCUT2D eigenvalue weighted by Gasteiger charge is -2.25. The molecule has 0 aliphatic heterocycles. The van der Waals surface area contributed by atoms with Crippen LogP contribution in [0, 0.1) is 13.8 Å². The number of aryl methyl sites for hydroxylation is 1. The molecular formula is C26H33ClN4O3S. The van der Waals surface area contributed by atoms with E-state index in [9.17, 15) is 13.2 Å². The standard InChI is InChI=1S/C26H33ClN4O3S/c1-17(2)30(35(33,34)21-13-11-20(27)12-14-21)16-25(32)28-24-15-23(26(5,6)7)29-31(24)22-10-8-9-18(3)19(22)4/h8-15,17H,16H2,1-7H3,(H,28,32). The van der Waals surface area contributed by atoms with Gasteiger partial charge in [-0.1, -0.05) is 44.5 Å². The Hall–Kier alpha value is -2.68. The summed E-state index contributed by atoms with van der Waals surface area (Å²) in [6, 6.07) is 13.2. The molecule has 0 atom stereocenters. The van der Waals surface area contributed by atoms with Gasteiger partial charge in [0.15, 0.2) is 0 Å². The van der Waals surface area contributed by atoms with E-state index in [4.69, 9.17) is 16.7 Å². The van der Waals surface area contributed by atoms with Gasteiger partial charge in [0.25, 0.3) is 0 Å². The van der Waals surface area contributed by atoms with Crippen molar-refractivity contribution in [1.82, 2.24) is 14.1 Å². The van der Waals surface area contributed by atoms with E-state index in [1.165, 1.54) is 28.6 Å². The van der Waals surface area contributed by atoms with E-state index < -0.39 is 22.0 Å². The lowest BCUT2D eigenvalue weighted by atomic mass is 9.92. The van der Waals surface area contributed by atoms with Gasteiger partial charge in [0.1, 0.15) is 5.82 Å². The molecule has 1 aromatic heterocycles. The number of rotatable bonds is 7. The summed E-state index contributed by atoms with van der Waals surface area (Å²) in [7, 11) is -3.91. The molecule has 0 fully saturated rings. The van der Waals surface area contributed by atoms with Crippen molar-refractivity contribution in [3.05, 3.63) is 70.4 Å². The van der Waals surface area contributed by atoms with E-state index >= 15 is 0 Å². The summed E-state index contributed by atoms with van der Waals surface area (Å²) in [4.78, 5) is 13.3. The van der Waals surface area contributed by atoms with E-state index in [-0.39, 0.29) is 16.9 Å². The van der Waals surface area contributed by atoms with Gasteiger partial charge in [0.2, 0.25) is 15.9 Å². The first-order valence-electron chi connectivity index (χ1n) is 11.5. The second-order valence-electron chi connectivity index (χ2n) is 9.94. The SMILES string of the molecule is Cc1cccc(-n2nc(C(C)(C)C)cc2NC(=O)CN(C(C)C)S(=O)(=O)c2ccc(Cl)cc2)c1C. The topological polar surface area (TPSA) is 84.3 Å². The number of hydrogen-bond acceptors (Lipinski definition) is 4. The number of aromatic nitrogens is 2. The Morgan fingerprint density at radius 1 is 1.11 bits per heavy atom. The van der Waals surface area contributed by atoms with Crippen LogP contribution in [0.2, 0.25) is 5.02 Å². The lowest BCUT2D eigenvalue weighted by molar-refractivity contribution is -0.116. The number of carbonyl (C=O) groups is 1. The summed E-state index contributed by atoms with van der Waals surface area (Å²) in [5.41, 5.74) is 3.56. The van der Waals surface area contributed by atoms with Crippen molar-refractivity contribution >= 4 is 33.3 Å². The largest absolute Gasteiger partial charge is 0.309 e. The predicted octanol–water partition coefficient (Wildman–Crippen LogP) is 5.48. The number of anilines is 1. The number of carbonyl (C=O) groups excluding carboxylic acids is 1. The van der Waals surface area contributed by atoms with Gasteiger partial charge >= 0.3 is 0 Å². The molecule has 0 spiro atoms. The number of nitrogens with zero attached hydrogens (tertiary/aromatic N) is 3. The minimum absolute atomic E-state index is 0.0823. The lowest BCUT2D eigenvalue weighted by Crippen LogP contribution is -2.42. The highest BCUT2D eigenvalue weighted by molar-refractivity contribution is 7.89. The van der Waals surface area contributed by atoms with Crippen LogP contribution in [0.1, 0.15) is 51.4 Å². The summed E-state index contributed by atoms with van der Waals surface area (Å²) in [6.45, 7) is 13.3. The van der Waals surface area contributed by atoms with Crippen LogP contribution in [-0.4, -0.2) is 41.0 Å². The number of nitrogens with one attached hydrogen (secondary N) is 1. The van der Waals surface area contributed by atoms with Crippen LogP contribution in [0.15, 0.2) is 53.4 Å². The normalized spacial score (nSPS) is 12.4. The molecule has 7 nitrogen and oxygen atoms in total.